The highest BCUT2D eigenvalue weighted by atomic mass is 32.2. The molecule has 1 fully saturated rings. The van der Waals surface area contributed by atoms with E-state index in [2.05, 4.69) is 21.4 Å². The van der Waals surface area contributed by atoms with Gasteiger partial charge in [0.2, 0.25) is 0 Å². The van der Waals surface area contributed by atoms with E-state index >= 15 is 0 Å². The quantitative estimate of drug-likeness (QED) is 0.190. The maximum Gasteiger partial charge on any atom is 0.352 e. The number of nitrogen functional groups attached to an aromatic ring is 1. The standard InChI is InChI=1S/C18H17N5O5S/c1-3-7-28-22-13(10-5-4-6-12(19)20-10)15(24)21-14-16(25)23-11(18(26)27)8-9(2)29-17(14)23/h1,4-6,8-9,14,17H,7H2,2H3,(H2,19,20)(H,21,24)(H,26,27)/b22-13+. The van der Waals surface area contributed by atoms with Crippen molar-refractivity contribution >= 4 is 41.1 Å². The molecule has 0 saturated carbocycles. The summed E-state index contributed by atoms with van der Waals surface area (Å²) in [7, 11) is 0. The largest absolute Gasteiger partial charge is 0.477 e. The number of anilines is 1. The fraction of sp³-hybridized carbons (Fsp3) is 0.278. The highest BCUT2D eigenvalue weighted by Crippen LogP contribution is 2.40. The van der Waals surface area contributed by atoms with E-state index in [0.29, 0.717) is 0 Å². The first-order chi connectivity index (χ1) is 13.8. The van der Waals surface area contributed by atoms with Gasteiger partial charge in [0.25, 0.3) is 11.8 Å². The Hall–Kier alpha value is -3.52. The Labute approximate surface area is 170 Å². The molecule has 2 aliphatic heterocycles. The summed E-state index contributed by atoms with van der Waals surface area (Å²) in [5.74, 6) is -0.0652. The number of β-lactam (4-membered cyclic amide) rings is 1. The van der Waals surface area contributed by atoms with Crippen LogP contribution in [-0.4, -0.2) is 61.8 Å². The molecule has 1 aromatic rings. The number of terminal acetylenes is 1. The third-order valence-corrected chi connectivity index (χ3v) is 5.41. The zero-order chi connectivity index (χ0) is 21.1. The van der Waals surface area contributed by atoms with Gasteiger partial charge in [0, 0.05) is 5.25 Å². The molecule has 10 nitrogen and oxygen atoms in total. The van der Waals surface area contributed by atoms with Crippen molar-refractivity contribution in [3.63, 3.8) is 0 Å². The molecule has 2 aliphatic rings. The fourth-order valence-electron chi connectivity index (χ4n) is 2.86. The van der Waals surface area contributed by atoms with Crippen LogP contribution < -0.4 is 11.1 Å². The first-order valence-electron chi connectivity index (χ1n) is 8.44. The Morgan fingerprint density at radius 2 is 2.28 bits per heavy atom. The minimum atomic E-state index is -1.20. The maximum absolute atomic E-state index is 12.8. The average molecular weight is 415 g/mol. The number of aromatic nitrogens is 1. The van der Waals surface area contributed by atoms with Crippen molar-refractivity contribution in [1.82, 2.24) is 15.2 Å². The van der Waals surface area contributed by atoms with Gasteiger partial charge in [0.15, 0.2) is 12.3 Å². The third-order valence-electron chi connectivity index (χ3n) is 4.09. The first-order valence-corrected chi connectivity index (χ1v) is 9.38. The van der Waals surface area contributed by atoms with Crippen LogP contribution in [-0.2, 0) is 19.2 Å². The van der Waals surface area contributed by atoms with E-state index in [0.717, 1.165) is 4.90 Å². The Morgan fingerprint density at radius 3 is 2.93 bits per heavy atom. The number of hydrogen-bond acceptors (Lipinski definition) is 8. The van der Waals surface area contributed by atoms with E-state index in [-0.39, 0.29) is 34.8 Å². The molecule has 1 aromatic heterocycles. The van der Waals surface area contributed by atoms with Crippen molar-refractivity contribution in [2.24, 2.45) is 5.16 Å². The molecule has 3 atom stereocenters. The first kappa shape index (κ1) is 20.2. The number of hydrogen-bond donors (Lipinski definition) is 3. The van der Waals surface area contributed by atoms with Gasteiger partial charge >= 0.3 is 5.97 Å². The third kappa shape index (κ3) is 4.02. The lowest BCUT2D eigenvalue weighted by Crippen LogP contribution is -2.71. The number of amides is 2. The molecule has 0 bridgehead atoms. The highest BCUT2D eigenvalue weighted by molar-refractivity contribution is 8.00. The number of carbonyl (C=O) groups excluding carboxylic acids is 2. The van der Waals surface area contributed by atoms with Gasteiger partial charge in [-0.3, -0.25) is 14.5 Å². The van der Waals surface area contributed by atoms with E-state index in [4.69, 9.17) is 17.0 Å². The van der Waals surface area contributed by atoms with Crippen molar-refractivity contribution in [3.05, 3.63) is 35.7 Å². The molecule has 0 aliphatic carbocycles. The van der Waals surface area contributed by atoms with E-state index in [9.17, 15) is 19.5 Å². The molecule has 0 aromatic carbocycles. The molecule has 3 unspecified atom stereocenters. The number of oxime groups is 1. The van der Waals surface area contributed by atoms with Crippen LogP contribution in [0.2, 0.25) is 0 Å². The Kier molecular flexibility index (Phi) is 5.74. The van der Waals surface area contributed by atoms with Crippen LogP contribution in [0.15, 0.2) is 35.1 Å². The van der Waals surface area contributed by atoms with Gasteiger partial charge in [0.1, 0.15) is 28.6 Å². The molecular weight excluding hydrogens is 398 g/mol. The summed E-state index contributed by atoms with van der Waals surface area (Å²) in [6.45, 7) is 1.64. The number of carboxylic acid groups (broad SMARTS) is 1. The molecule has 2 amide bonds. The minimum Gasteiger partial charge on any atom is -0.477 e. The van der Waals surface area contributed by atoms with Crippen LogP contribution >= 0.6 is 11.8 Å². The predicted octanol–water partition coefficient (Wildman–Crippen LogP) is -0.225. The summed E-state index contributed by atoms with van der Waals surface area (Å²) in [5.41, 5.74) is 5.50. The van der Waals surface area contributed by atoms with E-state index < -0.39 is 29.2 Å². The van der Waals surface area contributed by atoms with Crippen LogP contribution in [0.5, 0.6) is 0 Å². The van der Waals surface area contributed by atoms with Crippen molar-refractivity contribution in [2.75, 3.05) is 12.3 Å². The smallest absolute Gasteiger partial charge is 0.352 e. The number of pyridine rings is 1. The second-order valence-electron chi connectivity index (χ2n) is 6.11. The summed E-state index contributed by atoms with van der Waals surface area (Å²) in [4.78, 5) is 46.8. The average Bonchev–Trinajstić information content (AvgIpc) is 2.68. The summed E-state index contributed by atoms with van der Waals surface area (Å²) >= 11 is 1.36. The lowest BCUT2D eigenvalue weighted by atomic mass is 10.0. The van der Waals surface area contributed by atoms with Gasteiger partial charge in [-0.2, -0.15) is 0 Å². The lowest BCUT2D eigenvalue weighted by molar-refractivity contribution is -0.150. The lowest BCUT2D eigenvalue weighted by Gasteiger charge is -2.49. The van der Waals surface area contributed by atoms with Crippen molar-refractivity contribution in [3.8, 4) is 12.3 Å². The van der Waals surface area contributed by atoms with Crippen LogP contribution in [0.3, 0.4) is 0 Å². The van der Waals surface area contributed by atoms with E-state index in [1.54, 1.807) is 6.07 Å². The zero-order valence-electron chi connectivity index (χ0n) is 15.2. The molecule has 4 N–H and O–H groups in total. The highest BCUT2D eigenvalue weighted by Gasteiger charge is 2.54. The van der Waals surface area contributed by atoms with Gasteiger partial charge in [-0.25, -0.2) is 9.78 Å². The van der Waals surface area contributed by atoms with Crippen molar-refractivity contribution in [2.45, 2.75) is 23.6 Å². The Balaban J connectivity index is 1.81. The van der Waals surface area contributed by atoms with Crippen LogP contribution in [0.1, 0.15) is 12.6 Å². The number of carboxylic acids is 1. The second-order valence-corrected chi connectivity index (χ2v) is 7.61. The molecule has 0 radical (unpaired) electrons. The summed E-state index contributed by atoms with van der Waals surface area (Å²) in [5, 5.41) is 14.9. The normalized spacial score (nSPS) is 23.2. The molecule has 29 heavy (non-hydrogen) atoms. The second kappa shape index (κ2) is 8.24. The number of carbonyl (C=O) groups is 3. The summed E-state index contributed by atoms with van der Waals surface area (Å²) in [6.07, 6.45) is 6.62. The number of nitrogens with two attached hydrogens (primary N) is 1. The SMILES string of the molecule is C#CCO/N=C(/C(=O)NC1C(=O)N2C(C(=O)O)=CC(C)SC12)c1cccc(N)n1. The van der Waals surface area contributed by atoms with E-state index in [1.807, 2.05) is 6.92 Å². The topological polar surface area (TPSA) is 147 Å². The van der Waals surface area contributed by atoms with Crippen LogP contribution in [0, 0.1) is 12.3 Å². The predicted molar refractivity (Wildman–Crippen MR) is 105 cm³/mol. The van der Waals surface area contributed by atoms with Crippen molar-refractivity contribution in [1.29, 1.82) is 0 Å². The summed E-state index contributed by atoms with van der Waals surface area (Å²) in [6, 6.07) is 3.71. The van der Waals surface area contributed by atoms with Gasteiger partial charge in [-0.05, 0) is 25.1 Å². The number of nitrogens with one attached hydrogen (secondary N) is 1. The molecule has 11 heteroatoms. The number of nitrogens with zero attached hydrogens (tertiary/aromatic N) is 3. The molecule has 1 saturated heterocycles. The van der Waals surface area contributed by atoms with Crippen LogP contribution in [0.4, 0.5) is 5.82 Å². The Morgan fingerprint density at radius 1 is 1.52 bits per heavy atom. The molecule has 3 rings (SSSR count). The number of fused-ring (bicyclic) bond motifs is 1. The molecular formula is C18H17N5O5S. The molecule has 3 heterocycles. The Bertz CT molecular complexity index is 970. The van der Waals surface area contributed by atoms with Crippen LogP contribution in [0.25, 0.3) is 0 Å². The molecule has 0 spiro atoms. The van der Waals surface area contributed by atoms with Gasteiger partial charge in [-0.1, -0.05) is 17.1 Å². The summed E-state index contributed by atoms with van der Waals surface area (Å²) < 4.78 is 0. The monoisotopic (exact) mass is 415 g/mol. The van der Waals surface area contributed by atoms with Gasteiger partial charge < -0.3 is 21.0 Å². The van der Waals surface area contributed by atoms with Crippen molar-refractivity contribution < 1.29 is 24.3 Å². The maximum atomic E-state index is 12.8. The number of thioether (sulfide) groups is 1. The minimum absolute atomic E-state index is 0.0968. The number of aliphatic carboxylic acids is 1. The zero-order valence-corrected chi connectivity index (χ0v) is 16.0. The van der Waals surface area contributed by atoms with Gasteiger partial charge in [0.05, 0.1) is 0 Å². The fourth-order valence-corrected chi connectivity index (χ4v) is 4.19. The van der Waals surface area contributed by atoms with Gasteiger partial charge in [-0.15, -0.1) is 18.2 Å². The van der Waals surface area contributed by atoms with E-state index in [1.165, 1.54) is 30.0 Å². The molecule has 150 valence electrons. The number of rotatable bonds is 6.